The van der Waals surface area contributed by atoms with Crippen molar-refractivity contribution in [3.63, 3.8) is 0 Å². The second-order valence-corrected chi connectivity index (χ2v) is 4.45. The van der Waals surface area contributed by atoms with Gasteiger partial charge < -0.3 is 4.90 Å². The Morgan fingerprint density at radius 1 is 1.22 bits per heavy atom. The first-order valence-electron chi connectivity index (χ1n) is 5.50. The third-order valence-corrected chi connectivity index (χ3v) is 3.07. The largest absolute Gasteiger partial charge is 0.355 e. The van der Waals surface area contributed by atoms with E-state index in [0.29, 0.717) is 11.7 Å². The van der Waals surface area contributed by atoms with Gasteiger partial charge in [-0.3, -0.25) is 0 Å². The normalized spacial score (nSPS) is 10.4. The minimum Gasteiger partial charge on any atom is -0.355 e. The van der Waals surface area contributed by atoms with Gasteiger partial charge in [-0.1, -0.05) is 23.7 Å². The lowest BCUT2D eigenvalue weighted by molar-refractivity contribution is 0.627. The van der Waals surface area contributed by atoms with Crippen molar-refractivity contribution in [2.75, 3.05) is 11.9 Å². The predicted molar refractivity (Wildman–Crippen MR) is 70.3 cm³/mol. The first-order valence-corrected chi connectivity index (χ1v) is 5.88. The topological polar surface area (TPSA) is 29.0 Å². The van der Waals surface area contributed by atoms with E-state index in [1.807, 2.05) is 18.9 Å². The lowest BCUT2D eigenvalue weighted by Crippen LogP contribution is -2.19. The fourth-order valence-electron chi connectivity index (χ4n) is 1.74. The molecule has 2 aromatic rings. The van der Waals surface area contributed by atoms with Crippen LogP contribution in [0.3, 0.4) is 0 Å². The Balaban J connectivity index is 2.19. The quantitative estimate of drug-likeness (QED) is 0.798. The smallest absolute Gasteiger partial charge is 0.137 e. The number of hydrogen-bond donors (Lipinski definition) is 0. The average molecular weight is 266 g/mol. The SMILES string of the molecule is Cc1c(Cl)ncnc1N(C)Cc1ccc(F)cc1. The standard InChI is InChI=1S/C13H13ClFN3/c1-9-12(14)16-8-17-13(9)18(2)7-10-3-5-11(15)6-4-10/h3-6,8H,7H2,1-2H3. The lowest BCUT2D eigenvalue weighted by atomic mass is 10.2. The van der Waals surface area contributed by atoms with E-state index < -0.39 is 0 Å². The molecule has 0 spiro atoms. The van der Waals surface area contributed by atoms with Crippen molar-refractivity contribution >= 4 is 17.4 Å². The molecule has 0 aliphatic carbocycles. The summed E-state index contributed by atoms with van der Waals surface area (Å²) in [5.41, 5.74) is 1.84. The number of hydrogen-bond acceptors (Lipinski definition) is 3. The molecule has 0 aliphatic heterocycles. The molecule has 1 aromatic carbocycles. The van der Waals surface area contributed by atoms with Crippen molar-refractivity contribution < 1.29 is 4.39 Å². The molecule has 0 N–H and O–H groups in total. The van der Waals surface area contributed by atoms with Gasteiger partial charge in [0.25, 0.3) is 0 Å². The number of benzene rings is 1. The summed E-state index contributed by atoms with van der Waals surface area (Å²) in [6.07, 6.45) is 1.44. The summed E-state index contributed by atoms with van der Waals surface area (Å²) in [6.45, 7) is 2.51. The Morgan fingerprint density at radius 2 is 1.89 bits per heavy atom. The van der Waals surface area contributed by atoms with Crippen LogP contribution in [0.2, 0.25) is 5.15 Å². The Morgan fingerprint density at radius 3 is 2.56 bits per heavy atom. The molecule has 0 aliphatic rings. The molecule has 0 bridgehead atoms. The molecule has 5 heteroatoms. The van der Waals surface area contributed by atoms with Gasteiger partial charge in [0.15, 0.2) is 0 Å². The van der Waals surface area contributed by atoms with Crippen molar-refractivity contribution in [1.29, 1.82) is 0 Å². The van der Waals surface area contributed by atoms with Gasteiger partial charge in [-0.15, -0.1) is 0 Å². The van der Waals surface area contributed by atoms with Crippen LogP contribution in [-0.2, 0) is 6.54 Å². The Hall–Kier alpha value is -1.68. The van der Waals surface area contributed by atoms with Gasteiger partial charge in [0, 0.05) is 19.2 Å². The summed E-state index contributed by atoms with van der Waals surface area (Å²) < 4.78 is 12.8. The monoisotopic (exact) mass is 265 g/mol. The second kappa shape index (κ2) is 5.31. The van der Waals surface area contributed by atoms with Crippen molar-refractivity contribution in [2.24, 2.45) is 0 Å². The van der Waals surface area contributed by atoms with E-state index in [9.17, 15) is 4.39 Å². The average Bonchev–Trinajstić information content (AvgIpc) is 2.35. The Bertz CT molecular complexity index is 542. The third-order valence-electron chi connectivity index (χ3n) is 2.69. The molecule has 0 atom stereocenters. The van der Waals surface area contributed by atoms with Gasteiger partial charge in [0.05, 0.1) is 0 Å². The number of halogens is 2. The maximum Gasteiger partial charge on any atom is 0.137 e. The highest BCUT2D eigenvalue weighted by Crippen LogP contribution is 2.22. The summed E-state index contributed by atoms with van der Waals surface area (Å²) in [6, 6.07) is 6.40. The van der Waals surface area contributed by atoms with Crippen molar-refractivity contribution in [2.45, 2.75) is 13.5 Å². The van der Waals surface area contributed by atoms with Gasteiger partial charge in [-0.05, 0) is 24.6 Å². The zero-order chi connectivity index (χ0) is 13.1. The van der Waals surface area contributed by atoms with Crippen LogP contribution in [0.5, 0.6) is 0 Å². The maximum absolute atomic E-state index is 12.8. The van der Waals surface area contributed by atoms with E-state index >= 15 is 0 Å². The van der Waals surface area contributed by atoms with Gasteiger partial charge in [-0.25, -0.2) is 14.4 Å². The molecule has 1 aromatic heterocycles. The second-order valence-electron chi connectivity index (χ2n) is 4.10. The van der Waals surface area contributed by atoms with Crippen molar-refractivity contribution in [3.8, 4) is 0 Å². The van der Waals surface area contributed by atoms with Gasteiger partial charge in [0.2, 0.25) is 0 Å². The summed E-state index contributed by atoms with van der Waals surface area (Å²) in [5, 5.41) is 0.450. The summed E-state index contributed by atoms with van der Waals surface area (Å²) in [7, 11) is 1.91. The molecule has 3 nitrogen and oxygen atoms in total. The molecule has 0 saturated heterocycles. The molecule has 0 radical (unpaired) electrons. The summed E-state index contributed by atoms with van der Waals surface area (Å²) in [4.78, 5) is 10.1. The van der Waals surface area contributed by atoms with Gasteiger partial charge in [0.1, 0.15) is 23.1 Å². The van der Waals surface area contributed by atoms with Gasteiger partial charge in [-0.2, -0.15) is 0 Å². The number of nitrogens with zero attached hydrogens (tertiary/aromatic N) is 3. The zero-order valence-corrected chi connectivity index (χ0v) is 10.9. The molecule has 94 valence electrons. The van der Waals surface area contributed by atoms with E-state index in [1.165, 1.54) is 18.5 Å². The maximum atomic E-state index is 12.8. The van der Waals surface area contributed by atoms with E-state index in [1.54, 1.807) is 12.1 Å². The number of anilines is 1. The molecule has 0 amide bonds. The van der Waals surface area contributed by atoms with E-state index in [4.69, 9.17) is 11.6 Å². The Kier molecular flexibility index (Phi) is 3.77. The fourth-order valence-corrected chi connectivity index (χ4v) is 1.87. The van der Waals surface area contributed by atoms with Crippen LogP contribution in [0.25, 0.3) is 0 Å². The number of rotatable bonds is 3. The van der Waals surface area contributed by atoms with E-state index in [-0.39, 0.29) is 5.82 Å². The minimum absolute atomic E-state index is 0.234. The summed E-state index contributed by atoms with van der Waals surface area (Å²) in [5.74, 6) is 0.544. The lowest BCUT2D eigenvalue weighted by Gasteiger charge is -2.20. The first kappa shape index (κ1) is 12.8. The van der Waals surface area contributed by atoms with Crippen molar-refractivity contribution in [3.05, 3.63) is 52.7 Å². The highest BCUT2D eigenvalue weighted by Gasteiger charge is 2.10. The molecule has 0 fully saturated rings. The number of aromatic nitrogens is 2. The molecular weight excluding hydrogens is 253 g/mol. The van der Waals surface area contributed by atoms with Crippen LogP contribution in [0, 0.1) is 12.7 Å². The molecular formula is C13H13ClFN3. The highest BCUT2D eigenvalue weighted by molar-refractivity contribution is 6.30. The van der Waals surface area contributed by atoms with E-state index in [2.05, 4.69) is 9.97 Å². The minimum atomic E-state index is -0.234. The highest BCUT2D eigenvalue weighted by atomic mass is 35.5. The van der Waals surface area contributed by atoms with Crippen LogP contribution in [-0.4, -0.2) is 17.0 Å². The van der Waals surface area contributed by atoms with Crippen LogP contribution in [0.1, 0.15) is 11.1 Å². The van der Waals surface area contributed by atoms with Crippen LogP contribution >= 0.6 is 11.6 Å². The van der Waals surface area contributed by atoms with Crippen LogP contribution in [0.15, 0.2) is 30.6 Å². The van der Waals surface area contributed by atoms with E-state index in [0.717, 1.165) is 16.9 Å². The molecule has 1 heterocycles. The zero-order valence-electron chi connectivity index (χ0n) is 10.2. The molecule has 2 rings (SSSR count). The van der Waals surface area contributed by atoms with Crippen LogP contribution < -0.4 is 4.90 Å². The molecule has 0 unspecified atom stereocenters. The van der Waals surface area contributed by atoms with Crippen molar-refractivity contribution in [1.82, 2.24) is 9.97 Å². The Labute approximate surface area is 110 Å². The predicted octanol–water partition coefficient (Wildman–Crippen LogP) is 3.21. The first-order chi connectivity index (χ1) is 8.58. The molecule has 0 saturated carbocycles. The molecule has 18 heavy (non-hydrogen) atoms. The fraction of sp³-hybridized carbons (Fsp3) is 0.231. The third kappa shape index (κ3) is 2.76. The summed E-state index contributed by atoms with van der Waals surface area (Å²) >= 11 is 5.95. The van der Waals surface area contributed by atoms with Gasteiger partial charge >= 0.3 is 0 Å². The van der Waals surface area contributed by atoms with Crippen LogP contribution in [0.4, 0.5) is 10.2 Å².